The van der Waals surface area contributed by atoms with Crippen LogP contribution in [-0.2, 0) is 12.8 Å². The Morgan fingerprint density at radius 1 is 1.04 bits per heavy atom. The predicted molar refractivity (Wildman–Crippen MR) is 98.9 cm³/mol. The first-order valence-corrected chi connectivity index (χ1v) is 8.64. The molecule has 1 N–H and O–H groups in total. The monoisotopic (exact) mass is 351 g/mol. The molecule has 2 aromatic carbocycles. The van der Waals surface area contributed by atoms with Crippen LogP contribution in [0.2, 0.25) is 10.0 Å². The molecule has 23 heavy (non-hydrogen) atoms. The van der Waals surface area contributed by atoms with Crippen molar-refractivity contribution in [3.05, 3.63) is 63.6 Å². The Balaban J connectivity index is 1.71. The molecule has 0 saturated carbocycles. The van der Waals surface area contributed by atoms with E-state index in [0.29, 0.717) is 11.1 Å². The maximum Gasteiger partial charge on any atom is 0.118 e. The van der Waals surface area contributed by atoms with E-state index < -0.39 is 0 Å². The lowest BCUT2D eigenvalue weighted by molar-refractivity contribution is 0.414. The van der Waals surface area contributed by atoms with Crippen molar-refractivity contribution in [1.82, 2.24) is 5.32 Å². The number of halogens is 2. The molecule has 4 heteroatoms. The van der Waals surface area contributed by atoms with Crippen LogP contribution in [0.15, 0.2) is 42.5 Å². The van der Waals surface area contributed by atoms with Gasteiger partial charge in [-0.3, -0.25) is 0 Å². The third kappa shape index (κ3) is 6.06. The SMILES string of the molecule is COc1ccc(CC[C@H](C)NCCc2ccc(Cl)cc2Cl)cc1. The molecule has 0 unspecified atom stereocenters. The molecule has 0 aromatic heterocycles. The van der Waals surface area contributed by atoms with E-state index in [1.807, 2.05) is 24.3 Å². The topological polar surface area (TPSA) is 21.3 Å². The van der Waals surface area contributed by atoms with Crippen molar-refractivity contribution in [2.75, 3.05) is 13.7 Å². The van der Waals surface area contributed by atoms with E-state index in [-0.39, 0.29) is 0 Å². The van der Waals surface area contributed by atoms with Crippen molar-refractivity contribution in [2.24, 2.45) is 0 Å². The van der Waals surface area contributed by atoms with E-state index in [4.69, 9.17) is 27.9 Å². The maximum atomic E-state index is 6.19. The molecule has 124 valence electrons. The Bertz CT molecular complexity index is 613. The molecule has 1 atom stereocenters. The lowest BCUT2D eigenvalue weighted by atomic mass is 10.1. The van der Waals surface area contributed by atoms with E-state index in [2.05, 4.69) is 24.4 Å². The zero-order chi connectivity index (χ0) is 16.7. The lowest BCUT2D eigenvalue weighted by Gasteiger charge is -2.14. The van der Waals surface area contributed by atoms with Crippen LogP contribution in [0.1, 0.15) is 24.5 Å². The summed E-state index contributed by atoms with van der Waals surface area (Å²) in [5, 5.41) is 4.97. The van der Waals surface area contributed by atoms with Gasteiger partial charge in [-0.05, 0) is 68.1 Å². The molecule has 0 radical (unpaired) electrons. The Hall–Kier alpha value is -1.22. The number of methoxy groups -OCH3 is 1. The van der Waals surface area contributed by atoms with Crippen molar-refractivity contribution in [1.29, 1.82) is 0 Å². The third-order valence-corrected chi connectivity index (χ3v) is 4.51. The van der Waals surface area contributed by atoms with Crippen molar-refractivity contribution in [2.45, 2.75) is 32.2 Å². The Morgan fingerprint density at radius 2 is 1.78 bits per heavy atom. The molecule has 0 aliphatic carbocycles. The number of hydrogen-bond acceptors (Lipinski definition) is 2. The van der Waals surface area contributed by atoms with Gasteiger partial charge in [0.05, 0.1) is 7.11 Å². The Labute approximate surface area is 148 Å². The summed E-state index contributed by atoms with van der Waals surface area (Å²) < 4.78 is 5.18. The average Bonchev–Trinajstić information content (AvgIpc) is 2.55. The number of hydrogen-bond donors (Lipinski definition) is 1. The molecular formula is C19H23Cl2NO. The fourth-order valence-corrected chi connectivity index (χ4v) is 2.96. The van der Waals surface area contributed by atoms with Gasteiger partial charge in [0, 0.05) is 16.1 Å². The quantitative estimate of drug-likeness (QED) is 0.709. The van der Waals surface area contributed by atoms with Gasteiger partial charge in [-0.1, -0.05) is 41.4 Å². The van der Waals surface area contributed by atoms with Gasteiger partial charge in [0.2, 0.25) is 0 Å². The standard InChI is InChI=1S/C19H23Cl2NO/c1-14(3-4-15-5-9-18(23-2)10-6-15)22-12-11-16-7-8-17(20)13-19(16)21/h5-10,13-14,22H,3-4,11-12H2,1-2H3/t14-/m0/s1. The fourth-order valence-electron chi connectivity index (χ4n) is 2.46. The Morgan fingerprint density at radius 3 is 2.43 bits per heavy atom. The number of benzene rings is 2. The summed E-state index contributed by atoms with van der Waals surface area (Å²) in [6.07, 6.45) is 3.06. The zero-order valence-corrected chi connectivity index (χ0v) is 15.1. The zero-order valence-electron chi connectivity index (χ0n) is 13.6. The minimum atomic E-state index is 0.461. The van der Waals surface area contributed by atoms with Gasteiger partial charge in [-0.25, -0.2) is 0 Å². The number of aryl methyl sites for hydroxylation is 1. The number of nitrogens with one attached hydrogen (secondary N) is 1. The average molecular weight is 352 g/mol. The normalized spacial score (nSPS) is 12.2. The lowest BCUT2D eigenvalue weighted by Crippen LogP contribution is -2.28. The van der Waals surface area contributed by atoms with Crippen molar-refractivity contribution < 1.29 is 4.74 Å². The van der Waals surface area contributed by atoms with Crippen molar-refractivity contribution >= 4 is 23.2 Å². The van der Waals surface area contributed by atoms with Gasteiger partial charge in [-0.15, -0.1) is 0 Å². The van der Waals surface area contributed by atoms with Crippen LogP contribution in [0.4, 0.5) is 0 Å². The van der Waals surface area contributed by atoms with Crippen LogP contribution >= 0.6 is 23.2 Å². The fraction of sp³-hybridized carbons (Fsp3) is 0.368. The molecular weight excluding hydrogens is 329 g/mol. The first-order valence-electron chi connectivity index (χ1n) is 7.88. The molecule has 0 aliphatic heterocycles. The van der Waals surface area contributed by atoms with Crippen LogP contribution < -0.4 is 10.1 Å². The highest BCUT2D eigenvalue weighted by molar-refractivity contribution is 6.35. The van der Waals surface area contributed by atoms with Crippen molar-refractivity contribution in [3.63, 3.8) is 0 Å². The van der Waals surface area contributed by atoms with Gasteiger partial charge in [0.25, 0.3) is 0 Å². The summed E-state index contributed by atoms with van der Waals surface area (Å²) in [6.45, 7) is 3.12. The second kappa shape index (κ2) is 9.17. The van der Waals surface area contributed by atoms with Gasteiger partial charge in [0.1, 0.15) is 5.75 Å². The summed E-state index contributed by atoms with van der Waals surface area (Å²) >= 11 is 12.1. The first kappa shape index (κ1) is 18.1. The highest BCUT2D eigenvalue weighted by Gasteiger charge is 2.05. The molecule has 0 spiro atoms. The van der Waals surface area contributed by atoms with Gasteiger partial charge in [-0.2, -0.15) is 0 Å². The van der Waals surface area contributed by atoms with E-state index in [0.717, 1.165) is 42.1 Å². The van der Waals surface area contributed by atoms with Crippen LogP contribution in [0, 0.1) is 0 Å². The number of rotatable bonds is 8. The molecule has 0 heterocycles. The Kier molecular flexibility index (Phi) is 7.22. The number of ether oxygens (including phenoxy) is 1. The van der Waals surface area contributed by atoms with Crippen LogP contribution in [-0.4, -0.2) is 19.7 Å². The minimum Gasteiger partial charge on any atom is -0.497 e. The maximum absolute atomic E-state index is 6.19. The summed E-state index contributed by atoms with van der Waals surface area (Å²) in [7, 11) is 1.69. The highest BCUT2D eigenvalue weighted by atomic mass is 35.5. The van der Waals surface area contributed by atoms with Crippen LogP contribution in [0.5, 0.6) is 5.75 Å². The smallest absolute Gasteiger partial charge is 0.118 e. The van der Waals surface area contributed by atoms with E-state index in [1.165, 1.54) is 5.56 Å². The van der Waals surface area contributed by atoms with E-state index in [1.54, 1.807) is 13.2 Å². The van der Waals surface area contributed by atoms with Crippen LogP contribution in [0.3, 0.4) is 0 Å². The molecule has 0 saturated heterocycles. The molecule has 2 rings (SSSR count). The summed E-state index contributed by atoms with van der Waals surface area (Å²) in [4.78, 5) is 0. The second-order valence-electron chi connectivity index (χ2n) is 5.73. The van der Waals surface area contributed by atoms with Gasteiger partial charge >= 0.3 is 0 Å². The largest absolute Gasteiger partial charge is 0.497 e. The molecule has 0 bridgehead atoms. The van der Waals surface area contributed by atoms with Gasteiger partial charge in [0.15, 0.2) is 0 Å². The molecule has 0 fully saturated rings. The third-order valence-electron chi connectivity index (χ3n) is 3.93. The van der Waals surface area contributed by atoms with E-state index >= 15 is 0 Å². The minimum absolute atomic E-state index is 0.461. The molecule has 0 aliphatic rings. The molecule has 0 amide bonds. The highest BCUT2D eigenvalue weighted by Crippen LogP contribution is 2.21. The summed E-state index contributed by atoms with van der Waals surface area (Å²) in [6, 6.07) is 14.4. The second-order valence-corrected chi connectivity index (χ2v) is 6.57. The summed E-state index contributed by atoms with van der Waals surface area (Å²) in [5.74, 6) is 0.903. The molecule has 2 aromatic rings. The first-order chi connectivity index (χ1) is 11.1. The van der Waals surface area contributed by atoms with Crippen LogP contribution in [0.25, 0.3) is 0 Å². The van der Waals surface area contributed by atoms with E-state index in [9.17, 15) is 0 Å². The van der Waals surface area contributed by atoms with Gasteiger partial charge < -0.3 is 10.1 Å². The molecule has 2 nitrogen and oxygen atoms in total. The van der Waals surface area contributed by atoms with Crippen molar-refractivity contribution in [3.8, 4) is 5.75 Å². The predicted octanol–water partition coefficient (Wildman–Crippen LogP) is 5.16. The summed E-state index contributed by atoms with van der Waals surface area (Å²) in [5.41, 5.74) is 2.46.